The van der Waals surface area contributed by atoms with Gasteiger partial charge in [-0.3, -0.25) is 4.79 Å². The maximum absolute atomic E-state index is 11.9. The van der Waals surface area contributed by atoms with Crippen molar-refractivity contribution in [2.45, 2.75) is 20.8 Å². The summed E-state index contributed by atoms with van der Waals surface area (Å²) in [5.41, 5.74) is 1.52. The van der Waals surface area contributed by atoms with Gasteiger partial charge in [0.1, 0.15) is 11.5 Å². The van der Waals surface area contributed by atoms with E-state index in [4.69, 9.17) is 4.42 Å². The molecule has 2 rings (SSSR count). The normalized spacial score (nSPS) is 10.6. The van der Waals surface area contributed by atoms with Gasteiger partial charge in [-0.2, -0.15) is 5.10 Å². The molecule has 0 radical (unpaired) electrons. The number of furan rings is 1. The highest BCUT2D eigenvalue weighted by Crippen LogP contribution is 2.14. The second kappa shape index (κ2) is 3.38. The first-order chi connectivity index (χ1) is 7.08. The Balaban J connectivity index is 2.40. The van der Waals surface area contributed by atoms with Crippen molar-refractivity contribution in [1.82, 2.24) is 9.78 Å². The van der Waals surface area contributed by atoms with Gasteiger partial charge in [0.25, 0.3) is 5.91 Å². The summed E-state index contributed by atoms with van der Waals surface area (Å²) in [7, 11) is 0. The number of carbonyl (C=O) groups is 1. The van der Waals surface area contributed by atoms with Crippen molar-refractivity contribution in [2.75, 3.05) is 0 Å². The van der Waals surface area contributed by atoms with E-state index in [-0.39, 0.29) is 5.91 Å². The van der Waals surface area contributed by atoms with Gasteiger partial charge >= 0.3 is 0 Å². The standard InChI is InChI=1S/C11H12N2O2/c1-7-5-12-13(6-7)11(14)10-4-8(2)15-9(10)3/h4-6H,1-3H3. The van der Waals surface area contributed by atoms with Crippen molar-refractivity contribution in [3.8, 4) is 0 Å². The smallest absolute Gasteiger partial charge is 0.281 e. The molecule has 0 aliphatic heterocycles. The van der Waals surface area contributed by atoms with Crippen LogP contribution in [-0.4, -0.2) is 15.7 Å². The third-order valence-electron chi connectivity index (χ3n) is 2.19. The minimum Gasteiger partial charge on any atom is -0.466 e. The lowest BCUT2D eigenvalue weighted by molar-refractivity contribution is 0.0943. The van der Waals surface area contributed by atoms with Crippen molar-refractivity contribution in [3.63, 3.8) is 0 Å². The topological polar surface area (TPSA) is 48.0 Å². The summed E-state index contributed by atoms with van der Waals surface area (Å²) < 4.78 is 6.63. The van der Waals surface area contributed by atoms with E-state index in [2.05, 4.69) is 5.10 Å². The molecule has 0 aromatic carbocycles. The molecule has 0 amide bonds. The molecule has 0 bridgehead atoms. The van der Waals surface area contributed by atoms with Crippen LogP contribution in [0.3, 0.4) is 0 Å². The fraction of sp³-hybridized carbons (Fsp3) is 0.273. The van der Waals surface area contributed by atoms with Gasteiger partial charge < -0.3 is 4.42 Å². The van der Waals surface area contributed by atoms with Gasteiger partial charge in [-0.25, -0.2) is 4.68 Å². The molecule has 0 saturated heterocycles. The Bertz CT molecular complexity index is 508. The van der Waals surface area contributed by atoms with Gasteiger partial charge in [0.15, 0.2) is 0 Å². The quantitative estimate of drug-likeness (QED) is 0.714. The monoisotopic (exact) mass is 204 g/mol. The predicted molar refractivity (Wildman–Crippen MR) is 54.9 cm³/mol. The zero-order valence-electron chi connectivity index (χ0n) is 8.94. The summed E-state index contributed by atoms with van der Waals surface area (Å²) in [4.78, 5) is 11.9. The summed E-state index contributed by atoms with van der Waals surface area (Å²) in [6, 6.07) is 1.73. The fourth-order valence-corrected chi connectivity index (χ4v) is 1.49. The summed E-state index contributed by atoms with van der Waals surface area (Å²) >= 11 is 0. The van der Waals surface area contributed by atoms with Crippen LogP contribution in [0.1, 0.15) is 27.4 Å². The molecule has 0 atom stereocenters. The van der Waals surface area contributed by atoms with Crippen LogP contribution in [0.2, 0.25) is 0 Å². The molecule has 78 valence electrons. The van der Waals surface area contributed by atoms with Crippen LogP contribution >= 0.6 is 0 Å². The number of hydrogen-bond acceptors (Lipinski definition) is 3. The van der Waals surface area contributed by atoms with Crippen LogP contribution in [0.5, 0.6) is 0 Å². The van der Waals surface area contributed by atoms with Crippen LogP contribution in [0.4, 0.5) is 0 Å². The molecular weight excluding hydrogens is 192 g/mol. The van der Waals surface area contributed by atoms with Crippen molar-refractivity contribution in [1.29, 1.82) is 0 Å². The fourth-order valence-electron chi connectivity index (χ4n) is 1.49. The van der Waals surface area contributed by atoms with Crippen molar-refractivity contribution in [3.05, 3.63) is 41.1 Å². The number of nitrogens with zero attached hydrogens (tertiary/aromatic N) is 2. The van der Waals surface area contributed by atoms with E-state index in [1.807, 2.05) is 13.8 Å². The average Bonchev–Trinajstić information content (AvgIpc) is 2.71. The number of aryl methyl sites for hydroxylation is 3. The van der Waals surface area contributed by atoms with Crippen molar-refractivity contribution >= 4 is 5.91 Å². The van der Waals surface area contributed by atoms with Crippen LogP contribution in [0.25, 0.3) is 0 Å². The second-order valence-corrected chi connectivity index (χ2v) is 3.59. The van der Waals surface area contributed by atoms with Gasteiger partial charge in [-0.1, -0.05) is 0 Å². The molecule has 0 saturated carbocycles. The van der Waals surface area contributed by atoms with Crippen LogP contribution in [0.15, 0.2) is 22.9 Å². The van der Waals surface area contributed by atoms with Crippen LogP contribution in [-0.2, 0) is 0 Å². The van der Waals surface area contributed by atoms with Gasteiger partial charge in [0.2, 0.25) is 0 Å². The lowest BCUT2D eigenvalue weighted by Gasteiger charge is -1.97. The zero-order valence-corrected chi connectivity index (χ0v) is 8.94. The molecule has 2 heterocycles. The third-order valence-corrected chi connectivity index (χ3v) is 2.19. The van der Waals surface area contributed by atoms with Crippen LogP contribution < -0.4 is 0 Å². The van der Waals surface area contributed by atoms with Gasteiger partial charge in [-0.05, 0) is 32.4 Å². The highest BCUT2D eigenvalue weighted by Gasteiger charge is 2.15. The molecule has 2 aromatic heterocycles. The number of carbonyl (C=O) groups excluding carboxylic acids is 1. The Morgan fingerprint density at radius 3 is 2.60 bits per heavy atom. The van der Waals surface area contributed by atoms with E-state index >= 15 is 0 Å². The Kier molecular flexibility index (Phi) is 2.19. The average molecular weight is 204 g/mol. The van der Waals surface area contributed by atoms with E-state index in [1.54, 1.807) is 25.4 Å². The maximum atomic E-state index is 11.9. The number of rotatable bonds is 1. The second-order valence-electron chi connectivity index (χ2n) is 3.59. The first kappa shape index (κ1) is 9.71. The highest BCUT2D eigenvalue weighted by atomic mass is 16.3. The molecule has 4 nitrogen and oxygen atoms in total. The SMILES string of the molecule is Cc1cnn(C(=O)c2cc(C)oc2C)c1. The molecule has 0 spiro atoms. The molecular formula is C11H12N2O2. The summed E-state index contributed by atoms with van der Waals surface area (Å²) in [6.07, 6.45) is 3.35. The molecule has 15 heavy (non-hydrogen) atoms. The highest BCUT2D eigenvalue weighted by molar-refractivity contribution is 5.96. The summed E-state index contributed by atoms with van der Waals surface area (Å²) in [5, 5.41) is 3.97. The largest absolute Gasteiger partial charge is 0.466 e. The molecule has 4 heteroatoms. The lowest BCUT2D eigenvalue weighted by Crippen LogP contribution is -2.12. The number of aromatic nitrogens is 2. The minimum absolute atomic E-state index is 0.155. The van der Waals surface area contributed by atoms with Crippen molar-refractivity contribution < 1.29 is 9.21 Å². The van der Waals surface area contributed by atoms with Gasteiger partial charge in [0.05, 0.1) is 11.8 Å². The van der Waals surface area contributed by atoms with E-state index in [0.29, 0.717) is 11.3 Å². The maximum Gasteiger partial charge on any atom is 0.281 e. The van der Waals surface area contributed by atoms with Gasteiger partial charge in [0, 0.05) is 6.20 Å². The zero-order chi connectivity index (χ0) is 11.0. The van der Waals surface area contributed by atoms with Gasteiger partial charge in [-0.15, -0.1) is 0 Å². The Morgan fingerprint density at radius 2 is 2.13 bits per heavy atom. The predicted octanol–water partition coefficient (Wildman–Crippen LogP) is 2.09. The lowest BCUT2D eigenvalue weighted by atomic mass is 10.2. The van der Waals surface area contributed by atoms with Crippen LogP contribution in [0, 0.1) is 20.8 Å². The molecule has 0 N–H and O–H groups in total. The van der Waals surface area contributed by atoms with E-state index in [0.717, 1.165) is 11.3 Å². The van der Waals surface area contributed by atoms with E-state index in [9.17, 15) is 4.79 Å². The van der Waals surface area contributed by atoms with Crippen molar-refractivity contribution in [2.24, 2.45) is 0 Å². The molecule has 0 aliphatic rings. The molecule has 0 unspecified atom stereocenters. The number of hydrogen-bond donors (Lipinski definition) is 0. The molecule has 0 fully saturated rings. The van der Waals surface area contributed by atoms with E-state index in [1.165, 1.54) is 4.68 Å². The first-order valence-corrected chi connectivity index (χ1v) is 4.71. The molecule has 2 aromatic rings. The van der Waals surface area contributed by atoms with E-state index < -0.39 is 0 Å². The summed E-state index contributed by atoms with van der Waals surface area (Å²) in [5.74, 6) is 1.21. The Labute approximate surface area is 87.5 Å². The Morgan fingerprint density at radius 1 is 1.40 bits per heavy atom. The summed E-state index contributed by atoms with van der Waals surface area (Å²) in [6.45, 7) is 5.49. The molecule has 0 aliphatic carbocycles. The Hall–Kier alpha value is -1.84. The first-order valence-electron chi connectivity index (χ1n) is 4.71. The minimum atomic E-state index is -0.155. The third kappa shape index (κ3) is 1.70.